The maximum absolute atomic E-state index is 5.53. The van der Waals surface area contributed by atoms with Gasteiger partial charge < -0.3 is 5.73 Å². The first-order valence-electron chi connectivity index (χ1n) is 4.78. The molecular formula is C10H23N. The van der Waals surface area contributed by atoms with Crippen molar-refractivity contribution in [2.45, 2.75) is 40.5 Å². The zero-order valence-corrected chi connectivity index (χ0v) is 8.43. The summed E-state index contributed by atoms with van der Waals surface area (Å²) in [5.74, 6) is 2.38. The molecule has 0 aromatic rings. The monoisotopic (exact) mass is 157 g/mol. The molecule has 1 heteroatoms. The molecule has 0 aliphatic heterocycles. The van der Waals surface area contributed by atoms with Crippen molar-refractivity contribution in [3.05, 3.63) is 0 Å². The Kier molecular flexibility index (Phi) is 5.57. The lowest BCUT2D eigenvalue weighted by atomic mass is 9.90. The summed E-state index contributed by atoms with van der Waals surface area (Å²) in [7, 11) is 0. The zero-order valence-electron chi connectivity index (χ0n) is 8.43. The zero-order chi connectivity index (χ0) is 8.85. The highest BCUT2D eigenvalue weighted by Crippen LogP contribution is 2.18. The molecule has 0 rings (SSSR count). The minimum absolute atomic E-state index is 0.705. The van der Waals surface area contributed by atoms with Crippen LogP contribution in [0, 0.1) is 17.8 Å². The van der Waals surface area contributed by atoms with Crippen LogP contribution in [-0.4, -0.2) is 6.54 Å². The Bertz CT molecular complexity index is 88.9. The molecule has 0 saturated heterocycles. The normalized spacial score (nSPS) is 16.9. The van der Waals surface area contributed by atoms with Crippen LogP contribution < -0.4 is 5.73 Å². The van der Waals surface area contributed by atoms with Crippen LogP contribution in [0.2, 0.25) is 0 Å². The van der Waals surface area contributed by atoms with Crippen molar-refractivity contribution in [3.8, 4) is 0 Å². The Labute approximate surface area is 71.4 Å². The van der Waals surface area contributed by atoms with E-state index in [9.17, 15) is 0 Å². The van der Waals surface area contributed by atoms with Gasteiger partial charge in [0.25, 0.3) is 0 Å². The van der Waals surface area contributed by atoms with Crippen LogP contribution in [0.1, 0.15) is 40.5 Å². The van der Waals surface area contributed by atoms with E-state index >= 15 is 0 Å². The lowest BCUT2D eigenvalue weighted by Gasteiger charge is -2.17. The van der Waals surface area contributed by atoms with Crippen LogP contribution in [0.5, 0.6) is 0 Å². The van der Waals surface area contributed by atoms with Crippen molar-refractivity contribution in [3.63, 3.8) is 0 Å². The molecule has 1 unspecified atom stereocenters. The minimum Gasteiger partial charge on any atom is -0.330 e. The van der Waals surface area contributed by atoms with E-state index in [-0.39, 0.29) is 0 Å². The highest BCUT2D eigenvalue weighted by atomic mass is 14.5. The van der Waals surface area contributed by atoms with Crippen molar-refractivity contribution in [1.29, 1.82) is 0 Å². The first-order chi connectivity index (χ1) is 5.07. The van der Waals surface area contributed by atoms with Gasteiger partial charge >= 0.3 is 0 Å². The van der Waals surface area contributed by atoms with Gasteiger partial charge in [0, 0.05) is 0 Å². The highest BCUT2D eigenvalue weighted by Gasteiger charge is 2.08. The van der Waals surface area contributed by atoms with E-state index in [0.717, 1.165) is 18.4 Å². The van der Waals surface area contributed by atoms with Gasteiger partial charge in [0.15, 0.2) is 0 Å². The van der Waals surface area contributed by atoms with Gasteiger partial charge in [-0.2, -0.15) is 0 Å². The van der Waals surface area contributed by atoms with Gasteiger partial charge in [-0.1, -0.05) is 34.1 Å². The molecule has 0 fully saturated rings. The van der Waals surface area contributed by atoms with Gasteiger partial charge in [-0.15, -0.1) is 0 Å². The second kappa shape index (κ2) is 5.59. The number of rotatable bonds is 5. The van der Waals surface area contributed by atoms with Crippen molar-refractivity contribution in [1.82, 2.24) is 0 Å². The standard InChI is InChI=1S/C10H23N/c1-8(2)10(4)6-5-9(3)7-11/h8-10H,5-7,11H2,1-4H3/t9-,10?/m0/s1. The summed E-state index contributed by atoms with van der Waals surface area (Å²) < 4.78 is 0. The predicted octanol–water partition coefficient (Wildman–Crippen LogP) is 2.65. The Morgan fingerprint density at radius 1 is 1.00 bits per heavy atom. The maximum Gasteiger partial charge on any atom is -0.00515 e. The molecule has 0 saturated carbocycles. The summed E-state index contributed by atoms with van der Waals surface area (Å²) in [5.41, 5.74) is 5.53. The number of nitrogens with two attached hydrogens (primary N) is 1. The van der Waals surface area contributed by atoms with Crippen LogP contribution >= 0.6 is 0 Å². The van der Waals surface area contributed by atoms with Gasteiger partial charge in [0.2, 0.25) is 0 Å². The second-order valence-corrected chi connectivity index (χ2v) is 4.14. The van der Waals surface area contributed by atoms with E-state index in [2.05, 4.69) is 27.7 Å². The van der Waals surface area contributed by atoms with Crippen LogP contribution in [0.15, 0.2) is 0 Å². The quantitative estimate of drug-likeness (QED) is 0.652. The molecule has 2 atom stereocenters. The Morgan fingerprint density at radius 2 is 1.55 bits per heavy atom. The summed E-state index contributed by atoms with van der Waals surface area (Å²) in [6.45, 7) is 9.97. The molecule has 0 aliphatic carbocycles. The molecule has 2 N–H and O–H groups in total. The third-order valence-corrected chi connectivity index (χ3v) is 2.66. The molecule has 1 nitrogen and oxygen atoms in total. The average molecular weight is 157 g/mol. The summed E-state index contributed by atoms with van der Waals surface area (Å²) in [6.07, 6.45) is 2.62. The summed E-state index contributed by atoms with van der Waals surface area (Å²) in [5, 5.41) is 0. The molecule has 0 spiro atoms. The lowest BCUT2D eigenvalue weighted by Crippen LogP contribution is -2.13. The first-order valence-corrected chi connectivity index (χ1v) is 4.78. The van der Waals surface area contributed by atoms with Crippen LogP contribution in [0.25, 0.3) is 0 Å². The first kappa shape index (κ1) is 11.0. The molecule has 0 aromatic carbocycles. The fraction of sp³-hybridized carbons (Fsp3) is 1.00. The molecule has 0 radical (unpaired) electrons. The maximum atomic E-state index is 5.53. The Hall–Kier alpha value is -0.0400. The molecule has 0 bridgehead atoms. The average Bonchev–Trinajstić information content (AvgIpc) is 1.99. The molecule has 0 amide bonds. The van der Waals surface area contributed by atoms with Gasteiger partial charge in [-0.05, 0) is 30.7 Å². The highest BCUT2D eigenvalue weighted by molar-refractivity contribution is 4.60. The van der Waals surface area contributed by atoms with Crippen molar-refractivity contribution >= 4 is 0 Å². The third kappa shape index (κ3) is 5.25. The second-order valence-electron chi connectivity index (χ2n) is 4.14. The third-order valence-electron chi connectivity index (χ3n) is 2.66. The van der Waals surface area contributed by atoms with Gasteiger partial charge in [-0.3, -0.25) is 0 Å². The fourth-order valence-electron chi connectivity index (χ4n) is 0.999. The van der Waals surface area contributed by atoms with E-state index in [1.165, 1.54) is 12.8 Å². The van der Waals surface area contributed by atoms with Crippen LogP contribution in [0.4, 0.5) is 0 Å². The van der Waals surface area contributed by atoms with Gasteiger partial charge in [0.05, 0.1) is 0 Å². The van der Waals surface area contributed by atoms with E-state index < -0.39 is 0 Å². The van der Waals surface area contributed by atoms with Crippen LogP contribution in [0.3, 0.4) is 0 Å². The molecule has 68 valence electrons. The van der Waals surface area contributed by atoms with Gasteiger partial charge in [0.1, 0.15) is 0 Å². The topological polar surface area (TPSA) is 26.0 Å². The van der Waals surface area contributed by atoms with Crippen molar-refractivity contribution < 1.29 is 0 Å². The van der Waals surface area contributed by atoms with Gasteiger partial charge in [-0.25, -0.2) is 0 Å². The summed E-state index contributed by atoms with van der Waals surface area (Å²) in [4.78, 5) is 0. The minimum atomic E-state index is 0.705. The number of hydrogen-bond donors (Lipinski definition) is 1. The summed E-state index contributed by atoms with van der Waals surface area (Å²) >= 11 is 0. The Balaban J connectivity index is 3.37. The molecule has 0 heterocycles. The Morgan fingerprint density at radius 3 is 1.91 bits per heavy atom. The molecule has 0 aromatic heterocycles. The van der Waals surface area contributed by atoms with E-state index in [0.29, 0.717) is 5.92 Å². The van der Waals surface area contributed by atoms with Crippen LogP contribution in [-0.2, 0) is 0 Å². The van der Waals surface area contributed by atoms with E-state index in [4.69, 9.17) is 5.73 Å². The summed E-state index contributed by atoms with van der Waals surface area (Å²) in [6, 6.07) is 0. The molecular weight excluding hydrogens is 134 g/mol. The SMILES string of the molecule is CC(C)C(C)CC[C@H](C)CN. The lowest BCUT2D eigenvalue weighted by molar-refractivity contribution is 0.353. The van der Waals surface area contributed by atoms with Crippen molar-refractivity contribution in [2.75, 3.05) is 6.54 Å². The van der Waals surface area contributed by atoms with E-state index in [1.54, 1.807) is 0 Å². The number of hydrogen-bond acceptors (Lipinski definition) is 1. The van der Waals surface area contributed by atoms with E-state index in [1.807, 2.05) is 0 Å². The van der Waals surface area contributed by atoms with Crippen molar-refractivity contribution in [2.24, 2.45) is 23.5 Å². The largest absolute Gasteiger partial charge is 0.330 e. The smallest absolute Gasteiger partial charge is 0.00515 e. The fourth-order valence-corrected chi connectivity index (χ4v) is 0.999. The predicted molar refractivity (Wildman–Crippen MR) is 51.5 cm³/mol. The molecule has 11 heavy (non-hydrogen) atoms. The molecule has 0 aliphatic rings.